The average Bonchev–Trinajstić information content (AvgIpc) is 2.70. The predicted octanol–water partition coefficient (Wildman–Crippen LogP) is 5.52. The van der Waals surface area contributed by atoms with Gasteiger partial charge in [0, 0.05) is 5.02 Å². The molecule has 0 aliphatic carbocycles. The standard InChI is InChI=1S/C23H17ClN2O/c1-16-19(24)11-7-13-21(16)26-22(15-14-17-8-3-2-4-9-17)25-20-12-6-5-10-18(20)23(26)27/h2-15H,1H3/b15-14+. The Labute approximate surface area is 162 Å². The Morgan fingerprint density at radius 1 is 0.889 bits per heavy atom. The minimum Gasteiger partial charge on any atom is -0.268 e. The zero-order valence-corrected chi connectivity index (χ0v) is 15.5. The molecule has 4 rings (SSSR count). The highest BCUT2D eigenvalue weighted by atomic mass is 35.5. The summed E-state index contributed by atoms with van der Waals surface area (Å²) in [6.45, 7) is 1.91. The molecule has 0 aliphatic heterocycles. The van der Waals surface area contributed by atoms with Gasteiger partial charge in [-0.2, -0.15) is 0 Å². The third-order valence-corrected chi connectivity index (χ3v) is 4.92. The molecule has 132 valence electrons. The van der Waals surface area contributed by atoms with Gasteiger partial charge >= 0.3 is 0 Å². The van der Waals surface area contributed by atoms with E-state index in [0.717, 1.165) is 16.8 Å². The third-order valence-electron chi connectivity index (χ3n) is 4.51. The molecule has 0 atom stereocenters. The van der Waals surface area contributed by atoms with E-state index in [1.165, 1.54) is 0 Å². The number of fused-ring (bicyclic) bond motifs is 1. The molecule has 1 heterocycles. The van der Waals surface area contributed by atoms with Crippen LogP contribution < -0.4 is 5.56 Å². The Hall–Kier alpha value is -3.17. The van der Waals surface area contributed by atoms with Crippen LogP contribution in [-0.4, -0.2) is 9.55 Å². The second kappa shape index (κ2) is 7.22. The van der Waals surface area contributed by atoms with Crippen LogP contribution in [0.5, 0.6) is 0 Å². The first kappa shape index (κ1) is 17.3. The summed E-state index contributed by atoms with van der Waals surface area (Å²) in [6, 6.07) is 22.9. The van der Waals surface area contributed by atoms with Crippen molar-refractivity contribution >= 4 is 34.7 Å². The average molecular weight is 373 g/mol. The Morgan fingerprint density at radius 3 is 2.44 bits per heavy atom. The van der Waals surface area contributed by atoms with Crippen LogP contribution >= 0.6 is 11.6 Å². The molecule has 0 saturated heterocycles. The summed E-state index contributed by atoms with van der Waals surface area (Å²) in [7, 11) is 0. The van der Waals surface area contributed by atoms with Crippen molar-refractivity contribution in [1.29, 1.82) is 0 Å². The molecular weight excluding hydrogens is 356 g/mol. The smallest absolute Gasteiger partial charge is 0.266 e. The lowest BCUT2D eigenvalue weighted by atomic mass is 10.1. The van der Waals surface area contributed by atoms with Gasteiger partial charge in [-0.25, -0.2) is 4.98 Å². The van der Waals surface area contributed by atoms with E-state index in [-0.39, 0.29) is 5.56 Å². The molecule has 0 fully saturated rings. The van der Waals surface area contributed by atoms with E-state index < -0.39 is 0 Å². The highest BCUT2D eigenvalue weighted by Crippen LogP contribution is 2.23. The van der Waals surface area contributed by atoms with Gasteiger partial charge in [-0.05, 0) is 48.4 Å². The van der Waals surface area contributed by atoms with Crippen molar-refractivity contribution in [1.82, 2.24) is 9.55 Å². The molecule has 0 N–H and O–H groups in total. The lowest BCUT2D eigenvalue weighted by molar-refractivity contribution is 0.934. The maximum absolute atomic E-state index is 13.3. The Balaban J connectivity index is 2.00. The fraction of sp³-hybridized carbons (Fsp3) is 0.0435. The van der Waals surface area contributed by atoms with Crippen molar-refractivity contribution in [2.45, 2.75) is 6.92 Å². The lowest BCUT2D eigenvalue weighted by Crippen LogP contribution is -2.23. The van der Waals surface area contributed by atoms with Crippen molar-refractivity contribution in [3.05, 3.63) is 105 Å². The van der Waals surface area contributed by atoms with Gasteiger partial charge < -0.3 is 0 Å². The van der Waals surface area contributed by atoms with Gasteiger partial charge in [0.2, 0.25) is 0 Å². The van der Waals surface area contributed by atoms with E-state index in [2.05, 4.69) is 0 Å². The van der Waals surface area contributed by atoms with E-state index in [1.807, 2.05) is 85.8 Å². The van der Waals surface area contributed by atoms with E-state index in [4.69, 9.17) is 16.6 Å². The van der Waals surface area contributed by atoms with Gasteiger partial charge in [-0.3, -0.25) is 9.36 Å². The van der Waals surface area contributed by atoms with E-state index in [0.29, 0.717) is 21.7 Å². The molecule has 0 radical (unpaired) electrons. The summed E-state index contributed by atoms with van der Waals surface area (Å²) in [4.78, 5) is 18.0. The molecule has 3 aromatic carbocycles. The van der Waals surface area contributed by atoms with Gasteiger partial charge in [0.15, 0.2) is 0 Å². The Bertz CT molecular complexity index is 1210. The monoisotopic (exact) mass is 372 g/mol. The van der Waals surface area contributed by atoms with E-state index in [9.17, 15) is 4.79 Å². The van der Waals surface area contributed by atoms with Crippen LogP contribution in [0.4, 0.5) is 0 Å². The zero-order valence-electron chi connectivity index (χ0n) is 14.8. The molecule has 1 aromatic heterocycles. The molecule has 0 amide bonds. The number of para-hydroxylation sites is 1. The van der Waals surface area contributed by atoms with Gasteiger partial charge in [0.1, 0.15) is 5.82 Å². The second-order valence-electron chi connectivity index (χ2n) is 6.26. The molecule has 3 nitrogen and oxygen atoms in total. The first-order valence-electron chi connectivity index (χ1n) is 8.65. The van der Waals surface area contributed by atoms with Crippen molar-refractivity contribution in [3.63, 3.8) is 0 Å². The van der Waals surface area contributed by atoms with Gasteiger partial charge in [-0.15, -0.1) is 0 Å². The zero-order chi connectivity index (χ0) is 18.8. The largest absolute Gasteiger partial charge is 0.268 e. The summed E-state index contributed by atoms with van der Waals surface area (Å²) >= 11 is 6.31. The molecule has 0 spiro atoms. The number of hydrogen-bond acceptors (Lipinski definition) is 2. The highest BCUT2D eigenvalue weighted by molar-refractivity contribution is 6.31. The van der Waals surface area contributed by atoms with Crippen LogP contribution in [0.1, 0.15) is 17.0 Å². The van der Waals surface area contributed by atoms with Crippen LogP contribution in [-0.2, 0) is 0 Å². The molecule has 0 unspecified atom stereocenters. The number of aromatic nitrogens is 2. The number of benzene rings is 3. The minimum absolute atomic E-state index is 0.112. The predicted molar refractivity (Wildman–Crippen MR) is 112 cm³/mol. The fourth-order valence-electron chi connectivity index (χ4n) is 3.07. The maximum Gasteiger partial charge on any atom is 0.266 e. The minimum atomic E-state index is -0.112. The van der Waals surface area contributed by atoms with Crippen LogP contribution in [0.2, 0.25) is 5.02 Å². The van der Waals surface area contributed by atoms with Crippen LogP contribution in [0.3, 0.4) is 0 Å². The van der Waals surface area contributed by atoms with Crippen LogP contribution in [0.25, 0.3) is 28.7 Å². The van der Waals surface area contributed by atoms with Gasteiger partial charge in [-0.1, -0.05) is 66.2 Å². The summed E-state index contributed by atoms with van der Waals surface area (Å²) in [6.07, 6.45) is 3.82. The van der Waals surface area contributed by atoms with Crippen molar-refractivity contribution in [2.75, 3.05) is 0 Å². The molecule has 0 aliphatic rings. The number of nitrogens with zero attached hydrogens (tertiary/aromatic N) is 2. The first-order valence-corrected chi connectivity index (χ1v) is 9.03. The van der Waals surface area contributed by atoms with E-state index >= 15 is 0 Å². The SMILES string of the molecule is Cc1c(Cl)cccc1-n1c(/C=C/c2ccccc2)nc2ccccc2c1=O. The molecule has 4 heteroatoms. The highest BCUT2D eigenvalue weighted by Gasteiger charge is 2.13. The third kappa shape index (κ3) is 3.29. The Morgan fingerprint density at radius 2 is 1.63 bits per heavy atom. The quantitative estimate of drug-likeness (QED) is 0.474. The Kier molecular flexibility index (Phi) is 4.61. The van der Waals surface area contributed by atoms with E-state index in [1.54, 1.807) is 10.6 Å². The molecule has 27 heavy (non-hydrogen) atoms. The van der Waals surface area contributed by atoms with Gasteiger partial charge in [0.05, 0.1) is 16.6 Å². The molecule has 0 bridgehead atoms. The molecular formula is C23H17ClN2O. The summed E-state index contributed by atoms with van der Waals surface area (Å²) in [5, 5.41) is 1.19. The van der Waals surface area contributed by atoms with Crippen molar-refractivity contribution < 1.29 is 0 Å². The van der Waals surface area contributed by atoms with Crippen LogP contribution in [0.15, 0.2) is 77.6 Å². The summed E-state index contributed by atoms with van der Waals surface area (Å²) < 4.78 is 1.63. The normalized spacial score (nSPS) is 11.3. The number of rotatable bonds is 3. The number of halogens is 1. The first-order chi connectivity index (χ1) is 13.1. The van der Waals surface area contributed by atoms with Crippen molar-refractivity contribution in [3.8, 4) is 5.69 Å². The molecule has 0 saturated carbocycles. The molecule has 4 aromatic rings. The van der Waals surface area contributed by atoms with Crippen LogP contribution in [0, 0.1) is 6.92 Å². The summed E-state index contributed by atoms with van der Waals surface area (Å²) in [5.41, 5.74) is 3.17. The maximum atomic E-state index is 13.3. The topological polar surface area (TPSA) is 34.9 Å². The summed E-state index contributed by atoms with van der Waals surface area (Å²) in [5.74, 6) is 0.563. The lowest BCUT2D eigenvalue weighted by Gasteiger charge is -2.14. The van der Waals surface area contributed by atoms with Gasteiger partial charge in [0.25, 0.3) is 5.56 Å². The fourth-order valence-corrected chi connectivity index (χ4v) is 3.24. The van der Waals surface area contributed by atoms with Crippen molar-refractivity contribution in [2.24, 2.45) is 0 Å². The second-order valence-corrected chi connectivity index (χ2v) is 6.66. The number of hydrogen-bond donors (Lipinski definition) is 0.